The van der Waals surface area contributed by atoms with Gasteiger partial charge in [-0.2, -0.15) is 0 Å². The zero-order chi connectivity index (χ0) is 45.8. The molecular weight excluding hydrogens is 836 g/mol. The molecule has 338 valence electrons. The van der Waals surface area contributed by atoms with Crippen LogP contribution in [0.4, 0.5) is 0 Å². The Morgan fingerprint density at radius 1 is 0.667 bits per heavy atom. The van der Waals surface area contributed by atoms with Crippen LogP contribution >= 0.6 is 0 Å². The van der Waals surface area contributed by atoms with Crippen LogP contribution in [-0.4, -0.2) is 148 Å². The highest BCUT2D eigenvalue weighted by Gasteiger charge is 2.61. The monoisotopic (exact) mass is 882 g/mol. The molecule has 0 aliphatic carbocycles. The number of aliphatic hydroxyl groups excluding tert-OH is 4. The van der Waals surface area contributed by atoms with Crippen LogP contribution in [0.15, 0.2) is 78.9 Å². The molecule has 20 nitrogen and oxygen atoms in total. The normalized spacial score (nSPS) is 25.8. The van der Waals surface area contributed by atoms with E-state index in [-0.39, 0.29) is 28.7 Å². The fourth-order valence-corrected chi connectivity index (χ4v) is 6.30. The molecular formula is C43H46O20. The predicted octanol–water partition coefficient (Wildman–Crippen LogP) is 1.10. The van der Waals surface area contributed by atoms with E-state index in [0.29, 0.717) is 16.7 Å². The molecule has 20 heteroatoms. The van der Waals surface area contributed by atoms with Crippen molar-refractivity contribution in [1.82, 2.24) is 0 Å². The van der Waals surface area contributed by atoms with Crippen molar-refractivity contribution >= 4 is 42.1 Å². The summed E-state index contributed by atoms with van der Waals surface area (Å²) in [5.74, 6) is -6.62. The summed E-state index contributed by atoms with van der Waals surface area (Å²) in [6, 6.07) is 14.2. The third-order valence-corrected chi connectivity index (χ3v) is 9.52. The molecule has 9 atom stereocenters. The number of methoxy groups -OCH3 is 2. The molecule has 2 aliphatic rings. The van der Waals surface area contributed by atoms with Gasteiger partial charge in [-0.25, -0.2) is 14.4 Å². The highest BCUT2D eigenvalue weighted by atomic mass is 16.8. The molecule has 0 radical (unpaired) electrons. The van der Waals surface area contributed by atoms with Crippen LogP contribution in [0.1, 0.15) is 23.6 Å². The van der Waals surface area contributed by atoms with E-state index >= 15 is 0 Å². The average Bonchev–Trinajstić information content (AvgIpc) is 3.52. The molecule has 63 heavy (non-hydrogen) atoms. The Morgan fingerprint density at radius 3 is 1.75 bits per heavy atom. The van der Waals surface area contributed by atoms with E-state index in [1.807, 2.05) is 0 Å². The zero-order valence-electron chi connectivity index (χ0n) is 33.9. The van der Waals surface area contributed by atoms with Gasteiger partial charge in [0.2, 0.25) is 5.79 Å². The summed E-state index contributed by atoms with van der Waals surface area (Å²) < 4.78 is 49.1. The molecule has 3 aromatic rings. The zero-order valence-corrected chi connectivity index (χ0v) is 33.9. The fourth-order valence-electron chi connectivity index (χ4n) is 6.30. The molecule has 3 aromatic carbocycles. The molecule has 2 heterocycles. The Kier molecular flexibility index (Phi) is 16.2. The minimum atomic E-state index is -2.63. The summed E-state index contributed by atoms with van der Waals surface area (Å²) in [5.41, 5.74) is 1.31. The first-order valence-corrected chi connectivity index (χ1v) is 19.0. The van der Waals surface area contributed by atoms with E-state index < -0.39 is 98.5 Å². The number of benzene rings is 3. The number of carbonyl (C=O) groups excluding carboxylic acids is 4. The summed E-state index contributed by atoms with van der Waals surface area (Å²) in [7, 11) is 2.66. The topological polar surface area (TPSA) is 293 Å². The predicted molar refractivity (Wildman–Crippen MR) is 214 cm³/mol. The molecule has 0 unspecified atom stereocenters. The summed E-state index contributed by atoms with van der Waals surface area (Å²) in [4.78, 5) is 50.7. The smallest absolute Gasteiger partial charge is 0.331 e. The number of rotatable bonds is 17. The van der Waals surface area contributed by atoms with Gasteiger partial charge in [0.15, 0.2) is 41.5 Å². The lowest BCUT2D eigenvalue weighted by molar-refractivity contribution is -0.383. The highest BCUT2D eigenvalue weighted by molar-refractivity contribution is 5.88. The molecule has 7 N–H and O–H groups in total. The lowest BCUT2D eigenvalue weighted by Gasteiger charge is -2.44. The molecule has 0 bridgehead atoms. The van der Waals surface area contributed by atoms with Crippen LogP contribution in [0.2, 0.25) is 0 Å². The first kappa shape index (κ1) is 47.5. The summed E-state index contributed by atoms with van der Waals surface area (Å²) in [5, 5.41) is 74.2. The molecule has 0 spiro atoms. The molecule has 2 fully saturated rings. The lowest BCUT2D eigenvalue weighted by atomic mass is 9.98. The van der Waals surface area contributed by atoms with E-state index in [0.717, 1.165) is 25.2 Å². The number of phenols is 3. The van der Waals surface area contributed by atoms with Crippen molar-refractivity contribution in [3.8, 4) is 28.7 Å². The number of carbonyl (C=O) groups is 4. The van der Waals surface area contributed by atoms with Crippen LogP contribution in [0.25, 0.3) is 18.2 Å². The van der Waals surface area contributed by atoms with Gasteiger partial charge in [0, 0.05) is 25.2 Å². The number of hydrogen-bond acceptors (Lipinski definition) is 20. The van der Waals surface area contributed by atoms with Gasteiger partial charge in [-0.1, -0.05) is 24.3 Å². The average molecular weight is 883 g/mol. The van der Waals surface area contributed by atoms with Gasteiger partial charge in [0.05, 0.1) is 14.2 Å². The largest absolute Gasteiger partial charge is 0.508 e. The van der Waals surface area contributed by atoms with E-state index in [4.69, 9.17) is 42.6 Å². The van der Waals surface area contributed by atoms with Crippen molar-refractivity contribution in [2.75, 3.05) is 34.0 Å². The van der Waals surface area contributed by atoms with Crippen LogP contribution in [0.5, 0.6) is 28.7 Å². The number of aliphatic hydroxyl groups is 4. The maximum absolute atomic E-state index is 13.3. The third-order valence-electron chi connectivity index (χ3n) is 9.52. The number of aromatic hydroxyl groups is 3. The van der Waals surface area contributed by atoms with E-state index in [1.54, 1.807) is 0 Å². The summed E-state index contributed by atoms with van der Waals surface area (Å²) in [6.45, 7) is -1.56. The molecule has 2 aliphatic heterocycles. The number of hydrogen-bond donors (Lipinski definition) is 7. The van der Waals surface area contributed by atoms with Crippen molar-refractivity contribution in [2.24, 2.45) is 0 Å². The SMILES string of the molecule is COc1cc(C=CC(=O)OC[C@H]2O[C@@](CO)(O[C@H]3O[C@H](COC(C)=O)[C@@H](OC(=O)C=Cc4ccc(O)cc4)[C@H](O)[C@H]3O)[C@@H](OC(=O)C=Cc3ccc(O)c(OC)c3)[C@@H]2O)ccc1O. The van der Waals surface area contributed by atoms with Gasteiger partial charge in [-0.3, -0.25) is 4.79 Å². The first-order valence-electron chi connectivity index (χ1n) is 19.0. The number of phenolic OH excluding ortho intramolecular Hbond substituents is 3. The maximum atomic E-state index is 13.3. The Labute approximate surface area is 359 Å². The van der Waals surface area contributed by atoms with Gasteiger partial charge in [-0.05, 0) is 71.3 Å². The summed E-state index contributed by atoms with van der Waals surface area (Å²) in [6.07, 6.45) is -8.04. The Bertz CT molecular complexity index is 2170. The van der Waals surface area contributed by atoms with Gasteiger partial charge in [0.25, 0.3) is 0 Å². The van der Waals surface area contributed by atoms with Gasteiger partial charge in [0.1, 0.15) is 56.1 Å². The minimum Gasteiger partial charge on any atom is -0.508 e. The van der Waals surface area contributed by atoms with Gasteiger partial charge in [-0.15, -0.1) is 0 Å². The van der Waals surface area contributed by atoms with Gasteiger partial charge >= 0.3 is 23.9 Å². The molecule has 0 saturated carbocycles. The second-order valence-corrected chi connectivity index (χ2v) is 13.9. The Balaban J connectivity index is 1.38. The van der Waals surface area contributed by atoms with E-state index in [1.165, 1.54) is 93.1 Å². The van der Waals surface area contributed by atoms with Crippen molar-refractivity contribution in [3.05, 3.63) is 95.6 Å². The van der Waals surface area contributed by atoms with Crippen molar-refractivity contribution in [1.29, 1.82) is 0 Å². The number of esters is 4. The number of ether oxygens (including phenoxy) is 9. The maximum Gasteiger partial charge on any atom is 0.331 e. The van der Waals surface area contributed by atoms with Crippen LogP contribution < -0.4 is 9.47 Å². The Morgan fingerprint density at radius 2 is 1.19 bits per heavy atom. The molecule has 0 amide bonds. The lowest BCUT2D eigenvalue weighted by Crippen LogP contribution is -2.64. The second-order valence-electron chi connectivity index (χ2n) is 13.9. The van der Waals surface area contributed by atoms with E-state index in [9.17, 15) is 54.9 Å². The highest BCUT2D eigenvalue weighted by Crippen LogP contribution is 2.39. The first-order chi connectivity index (χ1) is 30.1. The van der Waals surface area contributed by atoms with Crippen molar-refractivity contribution in [2.45, 2.75) is 61.7 Å². The van der Waals surface area contributed by atoms with Crippen LogP contribution in [-0.2, 0) is 52.3 Å². The second kappa shape index (κ2) is 21.5. The fraction of sp³-hybridized carbons (Fsp3) is 0.349. The quantitative estimate of drug-likeness (QED) is 0.0567. The van der Waals surface area contributed by atoms with Crippen LogP contribution in [0, 0.1) is 0 Å². The van der Waals surface area contributed by atoms with Gasteiger partial charge < -0.3 is 78.4 Å². The molecule has 0 aromatic heterocycles. The third kappa shape index (κ3) is 12.3. The van der Waals surface area contributed by atoms with Crippen molar-refractivity contribution in [3.63, 3.8) is 0 Å². The van der Waals surface area contributed by atoms with Crippen LogP contribution in [0.3, 0.4) is 0 Å². The molecule has 2 saturated heterocycles. The van der Waals surface area contributed by atoms with Crippen molar-refractivity contribution < 1.29 is 97.6 Å². The minimum absolute atomic E-state index is 0.0124. The Hall–Kier alpha value is -6.52. The molecule has 5 rings (SSSR count). The van der Waals surface area contributed by atoms with E-state index in [2.05, 4.69) is 0 Å². The summed E-state index contributed by atoms with van der Waals surface area (Å²) >= 11 is 0. The standard InChI is InChI=1S/C43H46O20/c1-23(45)57-21-33-40(60-35(50)16-8-24-4-11-27(46)12-5-24)38(53)39(54)42(59-33)63-43(22-44)41(61-36(51)17-10-26-7-14-29(48)31(19-26)56-3)37(52)32(62-43)20-58-34(49)15-9-25-6-13-28(47)30(18-25)55-2/h4-19,32-33,37-42,44,46-48,52-54H,20-22H2,1-3H3/t32-,33-,37-,38-,39-,40-,41+,42-,43+/m1/s1.